The first-order chi connectivity index (χ1) is 6.79. The van der Waals surface area contributed by atoms with Crippen molar-refractivity contribution in [3.05, 3.63) is 34.9 Å². The number of benzene rings is 1. The SMILES string of the molecule is Cc1cccc([C@H]2COCCN2)c1C. The van der Waals surface area contributed by atoms with E-state index in [1.54, 1.807) is 0 Å². The van der Waals surface area contributed by atoms with Gasteiger partial charge in [0.05, 0.1) is 19.3 Å². The smallest absolute Gasteiger partial charge is 0.0662 e. The second kappa shape index (κ2) is 4.11. The number of hydrogen-bond donors (Lipinski definition) is 1. The average Bonchev–Trinajstić information content (AvgIpc) is 2.23. The van der Waals surface area contributed by atoms with Crippen LogP contribution in [-0.4, -0.2) is 19.8 Å². The van der Waals surface area contributed by atoms with Gasteiger partial charge in [0.25, 0.3) is 0 Å². The third-order valence-electron chi connectivity index (χ3n) is 2.94. The summed E-state index contributed by atoms with van der Waals surface area (Å²) in [5.41, 5.74) is 4.12. The lowest BCUT2D eigenvalue weighted by Crippen LogP contribution is -2.35. The summed E-state index contributed by atoms with van der Waals surface area (Å²) in [6.45, 7) is 6.92. The van der Waals surface area contributed by atoms with Crippen molar-refractivity contribution in [2.24, 2.45) is 0 Å². The minimum absolute atomic E-state index is 0.378. The zero-order valence-electron chi connectivity index (χ0n) is 8.84. The van der Waals surface area contributed by atoms with Gasteiger partial charge in [-0.25, -0.2) is 0 Å². The molecule has 2 heteroatoms. The van der Waals surface area contributed by atoms with Crippen LogP contribution in [0.15, 0.2) is 18.2 Å². The standard InChI is InChI=1S/C12H17NO/c1-9-4-3-5-11(10(9)2)12-8-14-7-6-13-12/h3-5,12-13H,6-8H2,1-2H3/t12-/m1/s1. The van der Waals surface area contributed by atoms with Crippen LogP contribution in [0.2, 0.25) is 0 Å². The van der Waals surface area contributed by atoms with Gasteiger partial charge >= 0.3 is 0 Å². The molecule has 0 unspecified atom stereocenters. The maximum absolute atomic E-state index is 5.47. The highest BCUT2D eigenvalue weighted by molar-refractivity contribution is 5.35. The van der Waals surface area contributed by atoms with Crippen LogP contribution in [0.3, 0.4) is 0 Å². The van der Waals surface area contributed by atoms with Gasteiger partial charge in [-0.2, -0.15) is 0 Å². The third-order valence-corrected chi connectivity index (χ3v) is 2.94. The van der Waals surface area contributed by atoms with Crippen molar-refractivity contribution in [3.8, 4) is 0 Å². The molecule has 14 heavy (non-hydrogen) atoms. The zero-order chi connectivity index (χ0) is 9.97. The van der Waals surface area contributed by atoms with Crippen LogP contribution in [0.4, 0.5) is 0 Å². The molecule has 1 fully saturated rings. The Labute approximate surface area is 85.3 Å². The van der Waals surface area contributed by atoms with E-state index in [9.17, 15) is 0 Å². The Balaban J connectivity index is 2.26. The maximum Gasteiger partial charge on any atom is 0.0662 e. The van der Waals surface area contributed by atoms with Gasteiger partial charge in [-0.15, -0.1) is 0 Å². The monoisotopic (exact) mass is 191 g/mol. The molecule has 1 heterocycles. The molecule has 1 atom stereocenters. The summed E-state index contributed by atoms with van der Waals surface area (Å²) in [7, 11) is 0. The first kappa shape index (κ1) is 9.69. The van der Waals surface area contributed by atoms with Gasteiger partial charge in [0.15, 0.2) is 0 Å². The highest BCUT2D eigenvalue weighted by Gasteiger charge is 2.16. The molecule has 0 bridgehead atoms. The van der Waals surface area contributed by atoms with Crippen LogP contribution >= 0.6 is 0 Å². The second-order valence-corrected chi connectivity index (χ2v) is 3.87. The average molecular weight is 191 g/mol. The predicted molar refractivity (Wildman–Crippen MR) is 57.5 cm³/mol. The van der Waals surface area contributed by atoms with Crippen molar-refractivity contribution in [3.63, 3.8) is 0 Å². The highest BCUT2D eigenvalue weighted by Crippen LogP contribution is 2.21. The highest BCUT2D eigenvalue weighted by atomic mass is 16.5. The van der Waals surface area contributed by atoms with E-state index in [1.807, 2.05) is 0 Å². The molecule has 1 aliphatic heterocycles. The van der Waals surface area contributed by atoms with Gasteiger partial charge in [0.2, 0.25) is 0 Å². The lowest BCUT2D eigenvalue weighted by molar-refractivity contribution is 0.0767. The van der Waals surface area contributed by atoms with Crippen molar-refractivity contribution < 1.29 is 4.74 Å². The fourth-order valence-electron chi connectivity index (χ4n) is 1.92. The Morgan fingerprint density at radius 1 is 1.36 bits per heavy atom. The van der Waals surface area contributed by atoms with Crippen molar-refractivity contribution in [1.29, 1.82) is 0 Å². The molecule has 0 saturated carbocycles. The van der Waals surface area contributed by atoms with Gasteiger partial charge in [0, 0.05) is 6.54 Å². The van der Waals surface area contributed by atoms with E-state index in [0.29, 0.717) is 6.04 Å². The Kier molecular flexibility index (Phi) is 2.85. The summed E-state index contributed by atoms with van der Waals surface area (Å²) in [6.07, 6.45) is 0. The summed E-state index contributed by atoms with van der Waals surface area (Å²) < 4.78 is 5.47. The van der Waals surface area contributed by atoms with Gasteiger partial charge in [-0.05, 0) is 30.5 Å². The van der Waals surface area contributed by atoms with Gasteiger partial charge < -0.3 is 10.1 Å². The van der Waals surface area contributed by atoms with Crippen LogP contribution < -0.4 is 5.32 Å². The Morgan fingerprint density at radius 3 is 2.93 bits per heavy atom. The summed E-state index contributed by atoms with van der Waals surface area (Å²) in [4.78, 5) is 0. The molecule has 1 aliphatic rings. The Bertz CT molecular complexity index is 316. The topological polar surface area (TPSA) is 21.3 Å². The molecule has 2 rings (SSSR count). The molecule has 1 N–H and O–H groups in total. The predicted octanol–water partition coefficient (Wildman–Crippen LogP) is 1.96. The lowest BCUT2D eigenvalue weighted by atomic mass is 9.97. The zero-order valence-corrected chi connectivity index (χ0v) is 8.84. The molecular formula is C12H17NO. The molecule has 76 valence electrons. The fourth-order valence-corrected chi connectivity index (χ4v) is 1.92. The largest absolute Gasteiger partial charge is 0.378 e. The van der Waals surface area contributed by atoms with E-state index in [2.05, 4.69) is 37.4 Å². The van der Waals surface area contributed by atoms with Crippen molar-refractivity contribution in [2.45, 2.75) is 19.9 Å². The molecule has 0 aliphatic carbocycles. The minimum Gasteiger partial charge on any atom is -0.378 e. The third kappa shape index (κ3) is 1.81. The summed E-state index contributed by atoms with van der Waals surface area (Å²) in [5.74, 6) is 0. The summed E-state index contributed by atoms with van der Waals surface area (Å²) in [6, 6.07) is 6.84. The Hall–Kier alpha value is -0.860. The minimum atomic E-state index is 0.378. The van der Waals surface area contributed by atoms with Gasteiger partial charge in [-0.3, -0.25) is 0 Å². The number of morpholine rings is 1. The van der Waals surface area contributed by atoms with Crippen molar-refractivity contribution in [1.82, 2.24) is 5.32 Å². The molecule has 1 aromatic carbocycles. The van der Waals surface area contributed by atoms with Crippen LogP contribution in [0.1, 0.15) is 22.7 Å². The molecule has 1 saturated heterocycles. The maximum atomic E-state index is 5.47. The number of nitrogens with one attached hydrogen (secondary N) is 1. The number of hydrogen-bond acceptors (Lipinski definition) is 2. The van der Waals surface area contributed by atoms with Gasteiger partial charge in [0.1, 0.15) is 0 Å². The summed E-state index contributed by atoms with van der Waals surface area (Å²) in [5, 5.41) is 3.48. The van der Waals surface area contributed by atoms with Crippen molar-refractivity contribution >= 4 is 0 Å². The van der Waals surface area contributed by atoms with E-state index in [1.165, 1.54) is 16.7 Å². The molecular weight excluding hydrogens is 174 g/mol. The normalized spacial score (nSPS) is 22.3. The first-order valence-corrected chi connectivity index (χ1v) is 5.16. The van der Waals surface area contributed by atoms with Crippen molar-refractivity contribution in [2.75, 3.05) is 19.8 Å². The van der Waals surface area contributed by atoms with E-state index < -0.39 is 0 Å². The molecule has 0 spiro atoms. The van der Waals surface area contributed by atoms with Crippen LogP contribution in [0.5, 0.6) is 0 Å². The van der Waals surface area contributed by atoms with Gasteiger partial charge in [-0.1, -0.05) is 18.2 Å². The number of ether oxygens (including phenoxy) is 1. The second-order valence-electron chi connectivity index (χ2n) is 3.87. The van der Waals surface area contributed by atoms with E-state index in [4.69, 9.17) is 4.74 Å². The molecule has 2 nitrogen and oxygen atoms in total. The molecule has 0 radical (unpaired) electrons. The quantitative estimate of drug-likeness (QED) is 0.732. The molecule has 0 aromatic heterocycles. The lowest BCUT2D eigenvalue weighted by Gasteiger charge is -2.26. The van der Waals surface area contributed by atoms with Crippen LogP contribution in [0, 0.1) is 13.8 Å². The number of rotatable bonds is 1. The molecule has 0 amide bonds. The number of aryl methyl sites for hydroxylation is 1. The van der Waals surface area contributed by atoms with Crippen LogP contribution in [-0.2, 0) is 4.74 Å². The van der Waals surface area contributed by atoms with E-state index >= 15 is 0 Å². The summed E-state index contributed by atoms with van der Waals surface area (Å²) >= 11 is 0. The fraction of sp³-hybridized carbons (Fsp3) is 0.500. The van der Waals surface area contributed by atoms with E-state index in [0.717, 1.165) is 19.8 Å². The first-order valence-electron chi connectivity index (χ1n) is 5.16. The molecule has 1 aromatic rings. The Morgan fingerprint density at radius 2 is 2.21 bits per heavy atom. The van der Waals surface area contributed by atoms with Crippen LogP contribution in [0.25, 0.3) is 0 Å². The van der Waals surface area contributed by atoms with E-state index in [-0.39, 0.29) is 0 Å².